The highest BCUT2D eigenvalue weighted by Crippen LogP contribution is 2.72. The molecule has 1 aliphatic carbocycles. The van der Waals surface area contributed by atoms with E-state index < -0.39 is 0 Å². The van der Waals surface area contributed by atoms with Crippen molar-refractivity contribution in [1.82, 2.24) is 5.32 Å². The van der Waals surface area contributed by atoms with Crippen molar-refractivity contribution in [1.29, 1.82) is 0 Å². The van der Waals surface area contributed by atoms with E-state index in [4.69, 9.17) is 0 Å². The Bertz CT molecular complexity index is 222. The van der Waals surface area contributed by atoms with Crippen molar-refractivity contribution in [3.63, 3.8) is 0 Å². The molecule has 1 nitrogen and oxygen atoms in total. The van der Waals surface area contributed by atoms with E-state index in [1.807, 2.05) is 0 Å². The third kappa shape index (κ3) is 1.63. The third-order valence-corrected chi connectivity index (χ3v) is 5.79. The summed E-state index contributed by atoms with van der Waals surface area (Å²) in [6, 6.07) is 0. The lowest BCUT2D eigenvalue weighted by Crippen LogP contribution is -2.32. The second-order valence-electron chi connectivity index (χ2n) is 6.87. The fraction of sp³-hybridized carbons (Fsp3) is 1.00. The van der Waals surface area contributed by atoms with Gasteiger partial charge < -0.3 is 5.32 Å². The van der Waals surface area contributed by atoms with Crippen LogP contribution in [0.2, 0.25) is 0 Å². The fourth-order valence-corrected chi connectivity index (χ4v) is 4.20. The number of nitrogens with one attached hydrogen (secondary N) is 1. The van der Waals surface area contributed by atoms with Crippen molar-refractivity contribution >= 4 is 0 Å². The van der Waals surface area contributed by atoms with E-state index in [2.05, 4.69) is 39.9 Å². The van der Waals surface area contributed by atoms with Gasteiger partial charge in [-0.05, 0) is 54.5 Å². The van der Waals surface area contributed by atoms with E-state index in [-0.39, 0.29) is 0 Å². The first-order chi connectivity index (χ1) is 6.89. The second-order valence-corrected chi connectivity index (χ2v) is 6.87. The van der Waals surface area contributed by atoms with Crippen LogP contribution in [0.25, 0.3) is 0 Å². The molecule has 0 aromatic heterocycles. The van der Waals surface area contributed by atoms with Crippen LogP contribution in [0.4, 0.5) is 0 Å². The zero-order valence-corrected chi connectivity index (χ0v) is 11.1. The summed E-state index contributed by atoms with van der Waals surface area (Å²) in [7, 11) is 0. The van der Waals surface area contributed by atoms with Crippen LogP contribution in [-0.4, -0.2) is 13.1 Å². The van der Waals surface area contributed by atoms with E-state index in [1.54, 1.807) is 0 Å². The van der Waals surface area contributed by atoms with E-state index >= 15 is 0 Å². The molecule has 0 aromatic carbocycles. The van der Waals surface area contributed by atoms with Crippen molar-refractivity contribution in [3.8, 4) is 0 Å². The van der Waals surface area contributed by atoms with Gasteiger partial charge in [0.05, 0.1) is 0 Å². The smallest absolute Gasteiger partial charge is 0.00462 e. The molecular weight excluding hydrogens is 182 g/mol. The van der Waals surface area contributed by atoms with Gasteiger partial charge in [0.15, 0.2) is 0 Å². The molecule has 0 spiro atoms. The maximum Gasteiger partial charge on any atom is -0.00462 e. The van der Waals surface area contributed by atoms with E-state index in [1.165, 1.54) is 25.9 Å². The summed E-state index contributed by atoms with van der Waals surface area (Å²) >= 11 is 0. The van der Waals surface area contributed by atoms with Crippen LogP contribution in [0.5, 0.6) is 0 Å². The highest BCUT2D eigenvalue weighted by molar-refractivity contribution is 5.14. The monoisotopic (exact) mass is 209 g/mol. The van der Waals surface area contributed by atoms with E-state index in [0.717, 1.165) is 17.8 Å². The fourth-order valence-electron chi connectivity index (χ4n) is 4.20. The average molecular weight is 209 g/mol. The molecule has 2 aliphatic rings. The summed E-state index contributed by atoms with van der Waals surface area (Å²) in [6.07, 6.45) is 2.79. The first kappa shape index (κ1) is 11.4. The predicted octanol–water partition coefficient (Wildman–Crippen LogP) is 3.30. The van der Waals surface area contributed by atoms with Gasteiger partial charge in [0.1, 0.15) is 0 Å². The number of hydrogen-bond acceptors (Lipinski definition) is 1. The normalized spacial score (nSPS) is 32.6. The Kier molecular flexibility index (Phi) is 2.65. The number of rotatable bonds is 2. The van der Waals surface area contributed by atoms with Crippen molar-refractivity contribution in [2.75, 3.05) is 13.1 Å². The van der Waals surface area contributed by atoms with E-state index in [9.17, 15) is 0 Å². The van der Waals surface area contributed by atoms with Crippen LogP contribution in [0, 0.1) is 28.6 Å². The Hall–Kier alpha value is -0.0400. The SMILES string of the molecule is CC(C1CCNCC1)C1C(C)(C)C1(C)C. The van der Waals surface area contributed by atoms with Crippen LogP contribution in [-0.2, 0) is 0 Å². The molecule has 88 valence electrons. The van der Waals surface area contributed by atoms with Crippen LogP contribution in [0.1, 0.15) is 47.5 Å². The molecule has 1 aliphatic heterocycles. The molecule has 0 amide bonds. The van der Waals surface area contributed by atoms with Crippen LogP contribution >= 0.6 is 0 Å². The molecule has 15 heavy (non-hydrogen) atoms. The summed E-state index contributed by atoms with van der Waals surface area (Å²) in [4.78, 5) is 0. The van der Waals surface area contributed by atoms with Gasteiger partial charge >= 0.3 is 0 Å². The summed E-state index contributed by atoms with van der Waals surface area (Å²) in [5.74, 6) is 2.82. The minimum Gasteiger partial charge on any atom is -0.317 e. The summed E-state index contributed by atoms with van der Waals surface area (Å²) in [6.45, 7) is 14.8. The van der Waals surface area contributed by atoms with Gasteiger partial charge in [-0.25, -0.2) is 0 Å². The van der Waals surface area contributed by atoms with Gasteiger partial charge in [-0.15, -0.1) is 0 Å². The van der Waals surface area contributed by atoms with E-state index in [0.29, 0.717) is 10.8 Å². The van der Waals surface area contributed by atoms with Crippen molar-refractivity contribution in [3.05, 3.63) is 0 Å². The molecule has 1 N–H and O–H groups in total. The highest BCUT2D eigenvalue weighted by atomic mass is 14.9. The lowest BCUT2D eigenvalue weighted by molar-refractivity contribution is 0.225. The lowest BCUT2D eigenvalue weighted by Gasteiger charge is -2.29. The maximum atomic E-state index is 3.47. The average Bonchev–Trinajstić information content (AvgIpc) is 2.58. The maximum absolute atomic E-state index is 3.47. The lowest BCUT2D eigenvalue weighted by atomic mass is 9.80. The molecule has 0 bridgehead atoms. The molecule has 2 rings (SSSR count). The molecule has 1 saturated heterocycles. The minimum absolute atomic E-state index is 0.567. The highest BCUT2D eigenvalue weighted by Gasteiger charge is 2.66. The molecule has 0 aromatic rings. The van der Waals surface area contributed by atoms with Crippen molar-refractivity contribution in [2.45, 2.75) is 47.5 Å². The van der Waals surface area contributed by atoms with Crippen LogP contribution in [0.15, 0.2) is 0 Å². The van der Waals surface area contributed by atoms with Gasteiger partial charge in [-0.3, -0.25) is 0 Å². The van der Waals surface area contributed by atoms with Crippen LogP contribution in [0.3, 0.4) is 0 Å². The molecule has 2 fully saturated rings. The topological polar surface area (TPSA) is 12.0 Å². The van der Waals surface area contributed by atoms with Gasteiger partial charge in [0.25, 0.3) is 0 Å². The molecule has 1 unspecified atom stereocenters. The molecule has 1 atom stereocenters. The molecule has 1 heterocycles. The summed E-state index contributed by atoms with van der Waals surface area (Å²) in [5.41, 5.74) is 1.13. The zero-order valence-electron chi connectivity index (χ0n) is 11.1. The van der Waals surface area contributed by atoms with Crippen molar-refractivity contribution in [2.24, 2.45) is 28.6 Å². The number of hydrogen-bond donors (Lipinski definition) is 1. The van der Waals surface area contributed by atoms with Crippen molar-refractivity contribution < 1.29 is 0 Å². The molecule has 1 heteroatoms. The quantitative estimate of drug-likeness (QED) is 0.736. The third-order valence-electron chi connectivity index (χ3n) is 5.79. The van der Waals surface area contributed by atoms with Gasteiger partial charge in [-0.1, -0.05) is 34.6 Å². The Labute approximate surface area is 95.0 Å². The first-order valence-electron chi connectivity index (χ1n) is 6.59. The van der Waals surface area contributed by atoms with Gasteiger partial charge in [-0.2, -0.15) is 0 Å². The minimum atomic E-state index is 0.567. The Morgan fingerprint density at radius 3 is 1.87 bits per heavy atom. The molecule has 0 radical (unpaired) electrons. The molecule has 1 saturated carbocycles. The Morgan fingerprint density at radius 2 is 1.47 bits per heavy atom. The zero-order chi connectivity index (χ0) is 11.3. The van der Waals surface area contributed by atoms with Gasteiger partial charge in [0.2, 0.25) is 0 Å². The summed E-state index contributed by atoms with van der Waals surface area (Å²) in [5, 5.41) is 3.47. The standard InChI is InChI=1S/C14H27N/c1-10(11-6-8-15-9-7-11)12-13(2,3)14(12,4)5/h10-12,15H,6-9H2,1-5H3. The second kappa shape index (κ2) is 3.48. The van der Waals surface area contributed by atoms with Gasteiger partial charge in [0, 0.05) is 0 Å². The summed E-state index contributed by atoms with van der Waals surface area (Å²) < 4.78 is 0. The molecular formula is C14H27N. The van der Waals surface area contributed by atoms with Crippen LogP contribution < -0.4 is 5.32 Å². The largest absolute Gasteiger partial charge is 0.317 e. The number of piperidine rings is 1. The Morgan fingerprint density at radius 1 is 1.00 bits per heavy atom. The first-order valence-corrected chi connectivity index (χ1v) is 6.59. The predicted molar refractivity (Wildman–Crippen MR) is 65.8 cm³/mol. The Balaban J connectivity index is 2.00.